The molecule has 164 valence electrons. The SMILES string of the molecule is CCOc1cc(CNC(CC(C)C)C(=O)O)c(Cl)cc1OCc1ccc(F)cc1Cl. The predicted octanol–water partition coefficient (Wildman–Crippen LogP) is 5.70. The third kappa shape index (κ3) is 7.04. The average molecular weight is 458 g/mol. The molecule has 0 heterocycles. The van der Waals surface area contributed by atoms with Gasteiger partial charge >= 0.3 is 5.97 Å². The van der Waals surface area contributed by atoms with Gasteiger partial charge in [0.25, 0.3) is 0 Å². The largest absolute Gasteiger partial charge is 0.490 e. The van der Waals surface area contributed by atoms with E-state index in [0.29, 0.717) is 40.7 Å². The van der Waals surface area contributed by atoms with Crippen LogP contribution in [0.5, 0.6) is 11.5 Å². The maximum atomic E-state index is 13.2. The van der Waals surface area contributed by atoms with Gasteiger partial charge in [0.2, 0.25) is 0 Å². The summed E-state index contributed by atoms with van der Waals surface area (Å²) < 4.78 is 24.7. The second kappa shape index (κ2) is 11.4. The van der Waals surface area contributed by atoms with Crippen molar-refractivity contribution in [2.75, 3.05) is 6.61 Å². The first-order valence-corrected chi connectivity index (χ1v) is 10.4. The number of hydrogen-bond acceptors (Lipinski definition) is 4. The summed E-state index contributed by atoms with van der Waals surface area (Å²) in [5, 5.41) is 13.1. The first kappa shape index (κ1) is 24.3. The van der Waals surface area contributed by atoms with Crippen LogP contribution in [0.2, 0.25) is 10.0 Å². The zero-order valence-electron chi connectivity index (χ0n) is 17.2. The van der Waals surface area contributed by atoms with Crippen LogP contribution in [0.15, 0.2) is 30.3 Å². The van der Waals surface area contributed by atoms with Crippen LogP contribution in [0.3, 0.4) is 0 Å². The van der Waals surface area contributed by atoms with Crippen molar-refractivity contribution in [2.45, 2.75) is 46.4 Å². The van der Waals surface area contributed by atoms with E-state index < -0.39 is 17.8 Å². The number of halogens is 3. The fourth-order valence-electron chi connectivity index (χ4n) is 2.86. The highest BCUT2D eigenvalue weighted by molar-refractivity contribution is 6.31. The fraction of sp³-hybridized carbons (Fsp3) is 0.409. The second-order valence-corrected chi connectivity index (χ2v) is 8.06. The molecule has 0 fully saturated rings. The fourth-order valence-corrected chi connectivity index (χ4v) is 3.31. The van der Waals surface area contributed by atoms with Crippen molar-refractivity contribution in [3.8, 4) is 11.5 Å². The molecule has 8 heteroatoms. The lowest BCUT2D eigenvalue weighted by atomic mass is 10.0. The van der Waals surface area contributed by atoms with Gasteiger partial charge in [0.1, 0.15) is 18.5 Å². The quantitative estimate of drug-likeness (QED) is 0.452. The normalized spacial score (nSPS) is 12.1. The standard InChI is InChI=1S/C22H26Cl2FNO4/c1-4-29-20-8-15(11-26-19(22(27)28)7-13(2)3)18(24)10-21(20)30-12-14-5-6-16(25)9-17(14)23/h5-6,8-10,13,19,26H,4,7,11-12H2,1-3H3,(H,27,28). The summed E-state index contributed by atoms with van der Waals surface area (Å²) in [4.78, 5) is 11.5. The predicted molar refractivity (Wildman–Crippen MR) is 116 cm³/mol. The average Bonchev–Trinajstić information content (AvgIpc) is 2.66. The number of hydrogen-bond donors (Lipinski definition) is 2. The topological polar surface area (TPSA) is 67.8 Å². The Labute approximate surface area is 186 Å². The van der Waals surface area contributed by atoms with Gasteiger partial charge in [0.15, 0.2) is 11.5 Å². The van der Waals surface area contributed by atoms with E-state index in [1.165, 1.54) is 12.1 Å². The summed E-state index contributed by atoms with van der Waals surface area (Å²) in [6.07, 6.45) is 0.505. The molecule has 0 bridgehead atoms. The summed E-state index contributed by atoms with van der Waals surface area (Å²) >= 11 is 12.5. The molecule has 0 aliphatic rings. The number of ether oxygens (including phenoxy) is 2. The van der Waals surface area contributed by atoms with Crippen molar-refractivity contribution >= 4 is 29.2 Å². The van der Waals surface area contributed by atoms with Gasteiger partial charge in [-0.3, -0.25) is 4.79 Å². The zero-order chi connectivity index (χ0) is 22.3. The molecule has 0 spiro atoms. The van der Waals surface area contributed by atoms with E-state index in [1.54, 1.807) is 18.2 Å². The van der Waals surface area contributed by atoms with E-state index in [9.17, 15) is 14.3 Å². The van der Waals surface area contributed by atoms with Crippen molar-refractivity contribution in [2.24, 2.45) is 5.92 Å². The van der Waals surface area contributed by atoms with E-state index in [2.05, 4.69) is 5.32 Å². The number of benzene rings is 2. The Hall–Kier alpha value is -2.02. The monoisotopic (exact) mass is 457 g/mol. The van der Waals surface area contributed by atoms with Gasteiger partial charge in [-0.1, -0.05) is 43.1 Å². The van der Waals surface area contributed by atoms with Gasteiger partial charge < -0.3 is 19.9 Å². The molecule has 0 aliphatic carbocycles. The molecule has 0 radical (unpaired) electrons. The Morgan fingerprint density at radius 3 is 2.37 bits per heavy atom. The molecule has 0 saturated heterocycles. The van der Waals surface area contributed by atoms with Crippen LogP contribution in [0.4, 0.5) is 4.39 Å². The van der Waals surface area contributed by atoms with Crippen molar-refractivity contribution in [1.82, 2.24) is 5.32 Å². The van der Waals surface area contributed by atoms with Crippen LogP contribution in [-0.2, 0) is 17.9 Å². The minimum Gasteiger partial charge on any atom is -0.490 e. The third-order valence-corrected chi connectivity index (χ3v) is 5.06. The molecule has 30 heavy (non-hydrogen) atoms. The summed E-state index contributed by atoms with van der Waals surface area (Å²) in [5.41, 5.74) is 1.32. The van der Waals surface area contributed by atoms with Crippen molar-refractivity contribution < 1.29 is 23.8 Å². The summed E-state index contributed by atoms with van der Waals surface area (Å²) in [6, 6.07) is 6.77. The number of carboxylic acid groups (broad SMARTS) is 1. The zero-order valence-corrected chi connectivity index (χ0v) is 18.7. The highest BCUT2D eigenvalue weighted by atomic mass is 35.5. The molecule has 2 aromatic carbocycles. The molecular weight excluding hydrogens is 432 g/mol. The minimum absolute atomic E-state index is 0.114. The Balaban J connectivity index is 2.16. The van der Waals surface area contributed by atoms with Gasteiger partial charge in [0.05, 0.1) is 11.6 Å². The van der Waals surface area contributed by atoms with Gasteiger partial charge in [-0.2, -0.15) is 0 Å². The number of carboxylic acids is 1. The second-order valence-electron chi connectivity index (χ2n) is 7.25. The number of nitrogens with one attached hydrogen (secondary N) is 1. The molecule has 0 saturated carbocycles. The van der Waals surface area contributed by atoms with E-state index in [-0.39, 0.29) is 24.1 Å². The summed E-state index contributed by atoms with van der Waals surface area (Å²) in [6.45, 7) is 6.58. The molecule has 5 nitrogen and oxygen atoms in total. The highest BCUT2D eigenvalue weighted by Gasteiger charge is 2.19. The Bertz CT molecular complexity index is 876. The molecule has 1 unspecified atom stereocenters. The molecule has 0 aromatic heterocycles. The lowest BCUT2D eigenvalue weighted by molar-refractivity contribution is -0.140. The van der Waals surface area contributed by atoms with Gasteiger partial charge in [-0.05, 0) is 43.0 Å². The highest BCUT2D eigenvalue weighted by Crippen LogP contribution is 2.35. The molecule has 2 aromatic rings. The van der Waals surface area contributed by atoms with Gasteiger partial charge in [-0.25, -0.2) is 4.39 Å². The maximum absolute atomic E-state index is 13.2. The molecular formula is C22H26Cl2FNO4. The van der Waals surface area contributed by atoms with Crippen LogP contribution in [0.25, 0.3) is 0 Å². The van der Waals surface area contributed by atoms with Crippen LogP contribution in [0.1, 0.15) is 38.3 Å². The summed E-state index contributed by atoms with van der Waals surface area (Å²) in [7, 11) is 0. The van der Waals surface area contributed by atoms with E-state index in [1.807, 2.05) is 20.8 Å². The Kier molecular flexibility index (Phi) is 9.21. The molecule has 0 aliphatic heterocycles. The Morgan fingerprint density at radius 2 is 1.77 bits per heavy atom. The molecule has 2 N–H and O–H groups in total. The molecule has 2 rings (SSSR count). The van der Waals surface area contributed by atoms with Crippen molar-refractivity contribution in [3.05, 3.63) is 57.3 Å². The van der Waals surface area contributed by atoms with Crippen molar-refractivity contribution in [3.63, 3.8) is 0 Å². The minimum atomic E-state index is -0.902. The van der Waals surface area contributed by atoms with Crippen LogP contribution in [-0.4, -0.2) is 23.7 Å². The van der Waals surface area contributed by atoms with Crippen LogP contribution >= 0.6 is 23.2 Å². The lowest BCUT2D eigenvalue weighted by Gasteiger charge is -2.19. The molecule has 1 atom stereocenters. The van der Waals surface area contributed by atoms with E-state index in [4.69, 9.17) is 32.7 Å². The smallest absolute Gasteiger partial charge is 0.320 e. The summed E-state index contributed by atoms with van der Waals surface area (Å²) in [5.74, 6) is -0.186. The maximum Gasteiger partial charge on any atom is 0.320 e. The van der Waals surface area contributed by atoms with Gasteiger partial charge in [-0.15, -0.1) is 0 Å². The number of aliphatic carboxylic acids is 1. The first-order valence-electron chi connectivity index (χ1n) is 9.69. The van der Waals surface area contributed by atoms with Crippen LogP contribution in [0, 0.1) is 11.7 Å². The number of rotatable bonds is 11. The van der Waals surface area contributed by atoms with Gasteiger partial charge in [0, 0.05) is 23.2 Å². The molecule has 0 amide bonds. The third-order valence-electron chi connectivity index (χ3n) is 4.35. The van der Waals surface area contributed by atoms with E-state index >= 15 is 0 Å². The Morgan fingerprint density at radius 1 is 1.10 bits per heavy atom. The number of carbonyl (C=O) groups is 1. The lowest BCUT2D eigenvalue weighted by Crippen LogP contribution is -2.37. The van der Waals surface area contributed by atoms with E-state index in [0.717, 1.165) is 0 Å². The van der Waals surface area contributed by atoms with Crippen molar-refractivity contribution in [1.29, 1.82) is 0 Å². The van der Waals surface area contributed by atoms with Crippen LogP contribution < -0.4 is 14.8 Å². The first-order chi connectivity index (χ1) is 14.2.